The Morgan fingerprint density at radius 2 is 1.68 bits per heavy atom. The highest BCUT2D eigenvalue weighted by atomic mass is 19.1. The van der Waals surface area contributed by atoms with E-state index in [1.807, 2.05) is 30.3 Å². The van der Waals surface area contributed by atoms with E-state index in [4.69, 9.17) is 0 Å². The van der Waals surface area contributed by atoms with Crippen LogP contribution in [0.5, 0.6) is 0 Å². The Kier molecular flexibility index (Phi) is 5.74. The predicted octanol–water partition coefficient (Wildman–Crippen LogP) is 3.88. The molecule has 28 heavy (non-hydrogen) atoms. The first-order valence-electron chi connectivity index (χ1n) is 8.47. The average molecular weight is 381 g/mol. The van der Waals surface area contributed by atoms with Gasteiger partial charge in [0.25, 0.3) is 11.8 Å². The first kappa shape index (κ1) is 19.2. The average Bonchev–Trinajstić information content (AvgIpc) is 2.70. The molecule has 0 saturated heterocycles. The van der Waals surface area contributed by atoms with Gasteiger partial charge >= 0.3 is 0 Å². The summed E-state index contributed by atoms with van der Waals surface area (Å²) in [5.74, 6) is -2.71. The normalized spacial score (nSPS) is 10.4. The number of carbonyl (C=O) groups excluding carboxylic acids is 2. The van der Waals surface area contributed by atoms with Crippen LogP contribution in [0.15, 0.2) is 66.7 Å². The smallest absolute Gasteiger partial charge is 0.274 e. The molecule has 142 valence electrons. The lowest BCUT2D eigenvalue weighted by atomic mass is 10.2. The summed E-state index contributed by atoms with van der Waals surface area (Å²) in [6.07, 6.45) is 0. The third-order valence-electron chi connectivity index (χ3n) is 3.99. The van der Waals surface area contributed by atoms with Crippen LogP contribution in [0.25, 0.3) is 0 Å². The zero-order valence-electron chi connectivity index (χ0n) is 15.0. The summed E-state index contributed by atoms with van der Waals surface area (Å²) in [6.45, 7) is 0.387. The van der Waals surface area contributed by atoms with Crippen LogP contribution in [-0.2, 0) is 6.54 Å². The minimum absolute atomic E-state index is 0.0531. The molecule has 3 aromatic rings. The number of amides is 2. The summed E-state index contributed by atoms with van der Waals surface area (Å²) < 4.78 is 26.7. The quantitative estimate of drug-likeness (QED) is 0.730. The molecule has 0 bridgehead atoms. The molecule has 0 unspecified atom stereocenters. The molecule has 0 atom stereocenters. The molecule has 0 saturated carbocycles. The summed E-state index contributed by atoms with van der Waals surface area (Å²) in [6, 6.07) is 16.7. The van der Waals surface area contributed by atoms with Gasteiger partial charge in [0.2, 0.25) is 0 Å². The predicted molar refractivity (Wildman–Crippen MR) is 101 cm³/mol. The van der Waals surface area contributed by atoms with Crippen LogP contribution in [0, 0.1) is 11.6 Å². The van der Waals surface area contributed by atoms with Crippen molar-refractivity contribution in [2.24, 2.45) is 0 Å². The Labute approximate surface area is 160 Å². The van der Waals surface area contributed by atoms with Crippen molar-refractivity contribution in [3.63, 3.8) is 0 Å². The van der Waals surface area contributed by atoms with E-state index in [1.165, 1.54) is 23.1 Å². The molecular weight excluding hydrogens is 364 g/mol. The Morgan fingerprint density at radius 1 is 0.964 bits per heavy atom. The lowest BCUT2D eigenvalue weighted by Crippen LogP contribution is -2.27. The second kappa shape index (κ2) is 8.39. The van der Waals surface area contributed by atoms with Gasteiger partial charge in [-0.1, -0.05) is 36.4 Å². The Hall–Kier alpha value is -3.61. The highest BCUT2D eigenvalue weighted by Gasteiger charge is 2.17. The molecule has 0 spiro atoms. The second-order valence-corrected chi connectivity index (χ2v) is 6.13. The number of benzene rings is 2. The van der Waals surface area contributed by atoms with Crippen LogP contribution in [-0.4, -0.2) is 28.7 Å². The van der Waals surface area contributed by atoms with Crippen LogP contribution in [0.1, 0.15) is 26.5 Å². The van der Waals surface area contributed by atoms with Crippen molar-refractivity contribution < 1.29 is 18.4 Å². The van der Waals surface area contributed by atoms with Gasteiger partial charge in [-0.15, -0.1) is 0 Å². The van der Waals surface area contributed by atoms with Gasteiger partial charge < -0.3 is 10.2 Å². The Bertz CT molecular complexity index is 1010. The molecule has 5 nitrogen and oxygen atoms in total. The summed E-state index contributed by atoms with van der Waals surface area (Å²) in [5, 5.41) is 2.32. The van der Waals surface area contributed by atoms with Crippen molar-refractivity contribution in [1.82, 2.24) is 9.88 Å². The van der Waals surface area contributed by atoms with E-state index in [2.05, 4.69) is 10.3 Å². The minimum Gasteiger partial charge on any atom is -0.336 e. The van der Waals surface area contributed by atoms with E-state index in [0.29, 0.717) is 12.6 Å². The lowest BCUT2D eigenvalue weighted by molar-refractivity contribution is 0.0779. The van der Waals surface area contributed by atoms with Gasteiger partial charge in [-0.05, 0) is 29.8 Å². The number of hydrogen-bond donors (Lipinski definition) is 1. The van der Waals surface area contributed by atoms with E-state index < -0.39 is 17.5 Å². The minimum atomic E-state index is -0.900. The molecule has 0 aliphatic rings. The van der Waals surface area contributed by atoms with Gasteiger partial charge in [0.15, 0.2) is 0 Å². The van der Waals surface area contributed by atoms with Crippen molar-refractivity contribution >= 4 is 17.5 Å². The van der Waals surface area contributed by atoms with Crippen LogP contribution in [0.2, 0.25) is 0 Å². The number of nitrogens with zero attached hydrogens (tertiary/aromatic N) is 2. The van der Waals surface area contributed by atoms with Crippen LogP contribution < -0.4 is 5.32 Å². The number of hydrogen-bond acceptors (Lipinski definition) is 3. The first-order chi connectivity index (χ1) is 13.4. The van der Waals surface area contributed by atoms with Crippen molar-refractivity contribution in [3.05, 3.63) is 95.3 Å². The fourth-order valence-electron chi connectivity index (χ4n) is 2.58. The standard InChI is InChI=1S/C21H17F2N3O2/c1-26(13-14-6-3-2-4-7-14)21(28)19-9-5-8-18(24-19)20(27)25-17-11-10-15(22)12-16(17)23/h2-12H,13H2,1H3,(H,25,27). The van der Waals surface area contributed by atoms with Crippen molar-refractivity contribution in [2.75, 3.05) is 12.4 Å². The number of anilines is 1. The lowest BCUT2D eigenvalue weighted by Gasteiger charge is -2.17. The summed E-state index contributed by atoms with van der Waals surface area (Å²) in [4.78, 5) is 30.5. The monoisotopic (exact) mass is 381 g/mol. The van der Waals surface area contributed by atoms with Gasteiger partial charge in [0.05, 0.1) is 5.69 Å². The molecule has 2 amide bonds. The fraction of sp³-hybridized carbons (Fsp3) is 0.0952. The number of nitrogens with one attached hydrogen (secondary N) is 1. The third-order valence-corrected chi connectivity index (χ3v) is 3.99. The van der Waals surface area contributed by atoms with Crippen LogP contribution in [0.4, 0.5) is 14.5 Å². The molecule has 0 aliphatic heterocycles. The molecule has 3 rings (SSSR count). The second-order valence-electron chi connectivity index (χ2n) is 6.13. The van der Waals surface area contributed by atoms with Gasteiger partial charge in [0.1, 0.15) is 23.0 Å². The molecule has 7 heteroatoms. The largest absolute Gasteiger partial charge is 0.336 e. The molecule has 1 aromatic heterocycles. The Morgan fingerprint density at radius 3 is 2.39 bits per heavy atom. The van der Waals surface area contributed by atoms with Gasteiger partial charge in [-0.3, -0.25) is 9.59 Å². The first-order valence-corrected chi connectivity index (χ1v) is 8.47. The Balaban J connectivity index is 1.73. The topological polar surface area (TPSA) is 62.3 Å². The summed E-state index contributed by atoms with van der Waals surface area (Å²) in [7, 11) is 1.64. The molecule has 1 N–H and O–H groups in total. The van der Waals surface area contributed by atoms with E-state index in [0.717, 1.165) is 17.7 Å². The number of aromatic nitrogens is 1. The number of pyridine rings is 1. The van der Waals surface area contributed by atoms with Crippen LogP contribution in [0.3, 0.4) is 0 Å². The fourth-order valence-corrected chi connectivity index (χ4v) is 2.58. The van der Waals surface area contributed by atoms with Crippen molar-refractivity contribution in [1.29, 1.82) is 0 Å². The molecule has 0 fully saturated rings. The maximum absolute atomic E-state index is 13.7. The van der Waals surface area contributed by atoms with E-state index >= 15 is 0 Å². The zero-order chi connectivity index (χ0) is 20.1. The molecule has 0 radical (unpaired) electrons. The van der Waals surface area contributed by atoms with E-state index in [1.54, 1.807) is 7.05 Å². The number of rotatable bonds is 5. The van der Waals surface area contributed by atoms with Crippen molar-refractivity contribution in [2.45, 2.75) is 6.54 Å². The van der Waals surface area contributed by atoms with Crippen LogP contribution >= 0.6 is 0 Å². The number of carbonyl (C=O) groups is 2. The van der Waals surface area contributed by atoms with Gasteiger partial charge in [-0.25, -0.2) is 13.8 Å². The molecule has 0 aliphatic carbocycles. The highest BCUT2D eigenvalue weighted by Crippen LogP contribution is 2.16. The molecule has 2 aromatic carbocycles. The SMILES string of the molecule is CN(Cc1ccccc1)C(=O)c1cccc(C(=O)Nc2ccc(F)cc2F)n1. The highest BCUT2D eigenvalue weighted by molar-refractivity contribution is 6.03. The van der Waals surface area contributed by atoms with E-state index in [9.17, 15) is 18.4 Å². The van der Waals surface area contributed by atoms with E-state index in [-0.39, 0.29) is 23.0 Å². The molecular formula is C21H17F2N3O2. The number of halogens is 2. The summed E-state index contributed by atoms with van der Waals surface area (Å²) >= 11 is 0. The summed E-state index contributed by atoms with van der Waals surface area (Å²) in [5.41, 5.74) is 0.818. The zero-order valence-corrected chi connectivity index (χ0v) is 15.0. The third kappa shape index (κ3) is 4.56. The maximum atomic E-state index is 13.7. The molecule has 1 heterocycles. The van der Waals surface area contributed by atoms with Crippen molar-refractivity contribution in [3.8, 4) is 0 Å². The van der Waals surface area contributed by atoms with Gasteiger partial charge in [-0.2, -0.15) is 0 Å². The van der Waals surface area contributed by atoms with Gasteiger partial charge in [0, 0.05) is 19.7 Å². The maximum Gasteiger partial charge on any atom is 0.274 e.